The summed E-state index contributed by atoms with van der Waals surface area (Å²) in [5.41, 5.74) is 0.604. The Bertz CT molecular complexity index is 379. The third-order valence-corrected chi connectivity index (χ3v) is 2.58. The van der Waals surface area contributed by atoms with Crippen molar-refractivity contribution in [2.45, 2.75) is 0 Å². The molecule has 0 heterocycles. The first-order valence-electron chi connectivity index (χ1n) is 3.56. The Kier molecular flexibility index (Phi) is 3.83. The summed E-state index contributed by atoms with van der Waals surface area (Å²) in [4.78, 5) is 10.2. The van der Waals surface area contributed by atoms with Gasteiger partial charge in [-0.1, -0.05) is 0 Å². The summed E-state index contributed by atoms with van der Waals surface area (Å²) in [5, 5.41) is 8.38. The molecular formula is C9H5Br2FO2. The highest BCUT2D eigenvalue weighted by Crippen LogP contribution is 2.25. The molecule has 0 aliphatic heterocycles. The SMILES string of the molecule is O=C(O)/C=C/c1cc(Br)c(F)c(Br)c1. The van der Waals surface area contributed by atoms with Crippen LogP contribution in [-0.4, -0.2) is 11.1 Å². The van der Waals surface area contributed by atoms with Gasteiger partial charge in [0.15, 0.2) is 5.82 Å². The lowest BCUT2D eigenvalue weighted by Crippen LogP contribution is -1.87. The van der Waals surface area contributed by atoms with Crippen LogP contribution in [0.5, 0.6) is 0 Å². The number of rotatable bonds is 2. The number of benzene rings is 1. The molecular weight excluding hydrogens is 319 g/mol. The van der Waals surface area contributed by atoms with Gasteiger partial charge >= 0.3 is 5.97 Å². The Morgan fingerprint density at radius 1 is 1.36 bits per heavy atom. The van der Waals surface area contributed by atoms with Crippen LogP contribution in [0, 0.1) is 5.82 Å². The average molecular weight is 324 g/mol. The first-order chi connectivity index (χ1) is 6.50. The molecule has 1 aromatic rings. The van der Waals surface area contributed by atoms with Crippen molar-refractivity contribution in [2.24, 2.45) is 0 Å². The van der Waals surface area contributed by atoms with Gasteiger partial charge in [-0.05, 0) is 55.6 Å². The number of carboxylic acid groups (broad SMARTS) is 1. The van der Waals surface area contributed by atoms with Crippen molar-refractivity contribution < 1.29 is 14.3 Å². The highest BCUT2D eigenvalue weighted by Gasteiger charge is 2.05. The van der Waals surface area contributed by atoms with E-state index in [0.29, 0.717) is 5.56 Å². The molecule has 2 nitrogen and oxygen atoms in total. The molecule has 0 saturated heterocycles. The van der Waals surface area contributed by atoms with Gasteiger partial charge in [0.1, 0.15) is 0 Å². The molecule has 1 rings (SSSR count). The average Bonchev–Trinajstić information content (AvgIpc) is 2.10. The minimum Gasteiger partial charge on any atom is -0.478 e. The smallest absolute Gasteiger partial charge is 0.328 e. The molecule has 0 atom stereocenters. The van der Waals surface area contributed by atoms with E-state index in [4.69, 9.17) is 5.11 Å². The van der Waals surface area contributed by atoms with Gasteiger partial charge in [0.25, 0.3) is 0 Å². The van der Waals surface area contributed by atoms with Crippen molar-refractivity contribution in [3.8, 4) is 0 Å². The maximum absolute atomic E-state index is 13.1. The molecule has 0 aromatic heterocycles. The standard InChI is InChI=1S/C9H5Br2FO2/c10-6-3-5(1-2-8(13)14)4-7(11)9(6)12/h1-4H,(H,13,14)/b2-1+. The quantitative estimate of drug-likeness (QED) is 0.668. The Hall–Kier alpha value is -0.680. The molecule has 5 heteroatoms. The molecule has 0 radical (unpaired) electrons. The van der Waals surface area contributed by atoms with E-state index in [2.05, 4.69) is 31.9 Å². The minimum absolute atomic E-state index is 0.289. The lowest BCUT2D eigenvalue weighted by Gasteiger charge is -1.99. The van der Waals surface area contributed by atoms with Crippen LogP contribution in [0.2, 0.25) is 0 Å². The molecule has 14 heavy (non-hydrogen) atoms. The molecule has 0 aliphatic rings. The van der Waals surface area contributed by atoms with Gasteiger partial charge < -0.3 is 5.11 Å². The van der Waals surface area contributed by atoms with Crippen LogP contribution < -0.4 is 0 Å². The minimum atomic E-state index is -1.04. The second-order valence-corrected chi connectivity index (χ2v) is 4.18. The van der Waals surface area contributed by atoms with E-state index in [1.54, 1.807) is 0 Å². The van der Waals surface area contributed by atoms with Crippen LogP contribution in [0.3, 0.4) is 0 Å². The van der Waals surface area contributed by atoms with Crippen molar-refractivity contribution in [3.63, 3.8) is 0 Å². The molecule has 0 fully saturated rings. The Morgan fingerprint density at radius 3 is 2.29 bits per heavy atom. The summed E-state index contributed by atoms with van der Waals surface area (Å²) in [7, 11) is 0. The monoisotopic (exact) mass is 322 g/mol. The van der Waals surface area contributed by atoms with Crippen LogP contribution >= 0.6 is 31.9 Å². The summed E-state index contributed by atoms with van der Waals surface area (Å²) >= 11 is 6.04. The predicted octanol–water partition coefficient (Wildman–Crippen LogP) is 3.45. The number of carbonyl (C=O) groups is 1. The fraction of sp³-hybridized carbons (Fsp3) is 0. The van der Waals surface area contributed by atoms with Crippen molar-refractivity contribution in [1.29, 1.82) is 0 Å². The zero-order valence-corrected chi connectivity index (χ0v) is 9.97. The molecule has 0 spiro atoms. The zero-order chi connectivity index (χ0) is 10.7. The molecule has 1 aromatic carbocycles. The molecule has 0 bridgehead atoms. The topological polar surface area (TPSA) is 37.3 Å². The second kappa shape index (κ2) is 4.70. The van der Waals surface area contributed by atoms with Gasteiger partial charge in [0, 0.05) is 6.08 Å². The summed E-state index contributed by atoms with van der Waals surface area (Å²) in [5.74, 6) is -1.45. The van der Waals surface area contributed by atoms with E-state index < -0.39 is 11.8 Å². The van der Waals surface area contributed by atoms with E-state index >= 15 is 0 Å². The first-order valence-corrected chi connectivity index (χ1v) is 5.15. The van der Waals surface area contributed by atoms with Gasteiger partial charge in [-0.3, -0.25) is 0 Å². The predicted molar refractivity (Wildman–Crippen MR) is 58.5 cm³/mol. The molecule has 0 saturated carbocycles. The van der Waals surface area contributed by atoms with Crippen molar-refractivity contribution in [3.05, 3.63) is 38.5 Å². The van der Waals surface area contributed by atoms with Crippen molar-refractivity contribution in [1.82, 2.24) is 0 Å². The largest absolute Gasteiger partial charge is 0.478 e. The van der Waals surface area contributed by atoms with E-state index in [1.807, 2.05) is 0 Å². The molecule has 0 aliphatic carbocycles. The number of hydrogen-bond acceptors (Lipinski definition) is 1. The second-order valence-electron chi connectivity index (χ2n) is 2.47. The fourth-order valence-corrected chi connectivity index (χ4v) is 2.06. The first kappa shape index (κ1) is 11.4. The van der Waals surface area contributed by atoms with E-state index in [9.17, 15) is 9.18 Å². The summed E-state index contributed by atoms with van der Waals surface area (Å²) in [6, 6.07) is 3.00. The van der Waals surface area contributed by atoms with E-state index in [0.717, 1.165) is 6.08 Å². The van der Waals surface area contributed by atoms with Gasteiger partial charge in [0.2, 0.25) is 0 Å². The zero-order valence-electron chi connectivity index (χ0n) is 6.80. The maximum atomic E-state index is 13.1. The summed E-state index contributed by atoms with van der Waals surface area (Å²) in [6.45, 7) is 0. The summed E-state index contributed by atoms with van der Waals surface area (Å²) in [6.07, 6.45) is 2.38. The van der Waals surface area contributed by atoms with Gasteiger partial charge in [0.05, 0.1) is 8.95 Å². The number of carboxylic acids is 1. The Labute approximate surface area is 96.7 Å². The fourth-order valence-electron chi connectivity index (χ4n) is 0.839. The number of halogens is 3. The van der Waals surface area contributed by atoms with Crippen LogP contribution in [0.1, 0.15) is 5.56 Å². The normalized spacial score (nSPS) is 10.8. The third kappa shape index (κ3) is 2.92. The molecule has 0 unspecified atom stereocenters. The number of aliphatic carboxylic acids is 1. The van der Waals surface area contributed by atoms with Crippen LogP contribution in [-0.2, 0) is 4.79 Å². The Morgan fingerprint density at radius 2 is 1.86 bits per heavy atom. The van der Waals surface area contributed by atoms with Crippen LogP contribution in [0.25, 0.3) is 6.08 Å². The lowest BCUT2D eigenvalue weighted by atomic mass is 10.2. The molecule has 74 valence electrons. The van der Waals surface area contributed by atoms with Crippen molar-refractivity contribution in [2.75, 3.05) is 0 Å². The van der Waals surface area contributed by atoms with Crippen molar-refractivity contribution >= 4 is 43.9 Å². The maximum Gasteiger partial charge on any atom is 0.328 e. The Balaban J connectivity index is 3.07. The van der Waals surface area contributed by atoms with Gasteiger partial charge in [-0.15, -0.1) is 0 Å². The highest BCUT2D eigenvalue weighted by atomic mass is 79.9. The van der Waals surface area contributed by atoms with Crippen LogP contribution in [0.4, 0.5) is 4.39 Å². The highest BCUT2D eigenvalue weighted by molar-refractivity contribution is 9.11. The number of hydrogen-bond donors (Lipinski definition) is 1. The summed E-state index contributed by atoms with van der Waals surface area (Å²) < 4.78 is 13.7. The van der Waals surface area contributed by atoms with Gasteiger partial charge in [-0.25, -0.2) is 9.18 Å². The van der Waals surface area contributed by atoms with Gasteiger partial charge in [-0.2, -0.15) is 0 Å². The van der Waals surface area contributed by atoms with Crippen LogP contribution in [0.15, 0.2) is 27.2 Å². The third-order valence-electron chi connectivity index (χ3n) is 1.42. The lowest BCUT2D eigenvalue weighted by molar-refractivity contribution is -0.131. The molecule has 1 N–H and O–H groups in total. The van der Waals surface area contributed by atoms with E-state index in [-0.39, 0.29) is 8.95 Å². The van der Waals surface area contributed by atoms with E-state index in [1.165, 1.54) is 18.2 Å². The molecule has 0 amide bonds.